The molecule has 3 heteroatoms. The van der Waals surface area contributed by atoms with E-state index in [4.69, 9.17) is 0 Å². The van der Waals surface area contributed by atoms with E-state index in [1.807, 2.05) is 6.08 Å². The van der Waals surface area contributed by atoms with Gasteiger partial charge in [0.05, 0.1) is 4.92 Å². The van der Waals surface area contributed by atoms with Gasteiger partial charge in [0.25, 0.3) is 0 Å². The summed E-state index contributed by atoms with van der Waals surface area (Å²) in [5, 5.41) is 10.8. The van der Waals surface area contributed by atoms with Gasteiger partial charge < -0.3 is 0 Å². The molecular weight excluding hydrogens is 298 g/mol. The summed E-state index contributed by atoms with van der Waals surface area (Å²) in [6.07, 6.45) is 11.6. The third kappa shape index (κ3) is 2.49. The van der Waals surface area contributed by atoms with Gasteiger partial charge in [0.15, 0.2) is 0 Å². The van der Waals surface area contributed by atoms with Crippen molar-refractivity contribution in [2.45, 2.75) is 57.3 Å². The fraction of sp³-hybridized carbons (Fsp3) is 0.619. The molecule has 4 saturated carbocycles. The largest absolute Gasteiger partial charge is 0.259 e. The van der Waals surface area contributed by atoms with Crippen molar-refractivity contribution in [1.82, 2.24) is 0 Å². The van der Waals surface area contributed by atoms with Crippen molar-refractivity contribution in [2.75, 3.05) is 0 Å². The van der Waals surface area contributed by atoms with Crippen LogP contribution in [0.15, 0.2) is 36.5 Å². The number of benzene rings is 1. The third-order valence-corrected chi connectivity index (χ3v) is 7.18. The van der Waals surface area contributed by atoms with Gasteiger partial charge in [-0.15, -0.1) is 0 Å². The van der Waals surface area contributed by atoms with Crippen LogP contribution in [0.5, 0.6) is 0 Å². The number of rotatable bonds is 5. The smallest absolute Gasteiger partial charge is 0.230 e. The second-order valence-electron chi connectivity index (χ2n) is 8.27. The molecule has 4 aliphatic carbocycles. The van der Waals surface area contributed by atoms with Crippen LogP contribution in [0.3, 0.4) is 0 Å². The molecule has 4 aliphatic rings. The molecule has 128 valence electrons. The van der Waals surface area contributed by atoms with E-state index in [9.17, 15) is 10.1 Å². The van der Waals surface area contributed by atoms with E-state index >= 15 is 0 Å². The zero-order valence-electron chi connectivity index (χ0n) is 14.5. The molecular formula is C21H27NO2. The minimum atomic E-state index is -0.316. The van der Waals surface area contributed by atoms with Crippen LogP contribution in [0, 0.1) is 33.8 Å². The molecule has 0 N–H and O–H groups in total. The normalized spacial score (nSPS) is 37.2. The Morgan fingerprint density at radius 3 is 2.17 bits per heavy atom. The van der Waals surface area contributed by atoms with Crippen molar-refractivity contribution in [2.24, 2.45) is 23.7 Å². The van der Waals surface area contributed by atoms with Crippen LogP contribution in [-0.4, -0.2) is 4.92 Å². The Labute approximate surface area is 144 Å². The van der Waals surface area contributed by atoms with Crippen LogP contribution >= 0.6 is 0 Å². The lowest BCUT2D eigenvalue weighted by Crippen LogP contribution is -2.55. The van der Waals surface area contributed by atoms with Crippen molar-refractivity contribution in [3.05, 3.63) is 57.8 Å². The molecule has 4 fully saturated rings. The molecule has 0 aromatic heterocycles. The number of hydrogen-bond acceptors (Lipinski definition) is 2. The van der Waals surface area contributed by atoms with Gasteiger partial charge in [-0.05, 0) is 85.8 Å². The summed E-state index contributed by atoms with van der Waals surface area (Å²) in [5.74, 6) is 3.24. The van der Waals surface area contributed by atoms with Crippen molar-refractivity contribution in [1.29, 1.82) is 0 Å². The first kappa shape index (κ1) is 15.9. The molecule has 1 aromatic rings. The Bertz CT molecular complexity index is 618. The Morgan fingerprint density at radius 1 is 1.08 bits per heavy atom. The molecule has 4 bridgehead atoms. The first-order valence-corrected chi connectivity index (χ1v) is 9.51. The SMILES string of the molecule is CCc1ccc(C2(CC=C[N+](=O)[O-])C3CC4CC(C3)CC2C4)cc1. The molecule has 24 heavy (non-hydrogen) atoms. The maximum atomic E-state index is 10.8. The summed E-state index contributed by atoms with van der Waals surface area (Å²) in [5.41, 5.74) is 2.94. The molecule has 0 aliphatic heterocycles. The molecule has 0 saturated heterocycles. The Hall–Kier alpha value is -1.64. The van der Waals surface area contributed by atoms with E-state index in [0.29, 0.717) is 11.8 Å². The predicted octanol–water partition coefficient (Wildman–Crippen LogP) is 5.12. The molecule has 0 spiro atoms. The highest BCUT2D eigenvalue weighted by Gasteiger charge is 2.57. The minimum Gasteiger partial charge on any atom is -0.259 e. The van der Waals surface area contributed by atoms with Gasteiger partial charge in [0, 0.05) is 5.41 Å². The Kier molecular flexibility index (Phi) is 3.98. The summed E-state index contributed by atoms with van der Waals surface area (Å²) in [7, 11) is 0. The first-order chi connectivity index (χ1) is 11.6. The van der Waals surface area contributed by atoms with Gasteiger partial charge in [0.1, 0.15) is 0 Å². The van der Waals surface area contributed by atoms with Gasteiger partial charge in [0.2, 0.25) is 6.20 Å². The van der Waals surface area contributed by atoms with E-state index in [0.717, 1.165) is 30.9 Å². The average molecular weight is 325 g/mol. The van der Waals surface area contributed by atoms with E-state index in [-0.39, 0.29) is 10.3 Å². The summed E-state index contributed by atoms with van der Waals surface area (Å²) < 4.78 is 0. The minimum absolute atomic E-state index is 0.131. The maximum Gasteiger partial charge on any atom is 0.230 e. The highest BCUT2D eigenvalue weighted by Crippen LogP contribution is 2.64. The molecule has 0 atom stereocenters. The standard InChI is InChI=1S/C21H27NO2/c1-2-15-4-6-18(7-5-15)21(8-3-9-22(23)24)19-11-16-10-17(13-19)14-20(21)12-16/h3-7,9,16-17,19-20H,2,8,10-14H2,1H3. The van der Waals surface area contributed by atoms with Crippen LogP contribution in [0.25, 0.3) is 0 Å². The molecule has 0 amide bonds. The molecule has 1 aromatic carbocycles. The number of aryl methyl sites for hydroxylation is 1. The van der Waals surface area contributed by atoms with Crippen LogP contribution in [0.2, 0.25) is 0 Å². The zero-order chi connectivity index (χ0) is 16.7. The van der Waals surface area contributed by atoms with Crippen molar-refractivity contribution in [3.63, 3.8) is 0 Å². The third-order valence-electron chi connectivity index (χ3n) is 7.18. The quantitative estimate of drug-likeness (QED) is 0.557. The van der Waals surface area contributed by atoms with Gasteiger partial charge in [-0.3, -0.25) is 10.1 Å². The van der Waals surface area contributed by atoms with Gasteiger partial charge in [-0.25, -0.2) is 0 Å². The van der Waals surface area contributed by atoms with Gasteiger partial charge in [-0.1, -0.05) is 31.2 Å². The zero-order valence-corrected chi connectivity index (χ0v) is 14.5. The Balaban J connectivity index is 1.73. The van der Waals surface area contributed by atoms with Crippen LogP contribution in [0.4, 0.5) is 0 Å². The predicted molar refractivity (Wildman–Crippen MR) is 95.3 cm³/mol. The average Bonchev–Trinajstić information content (AvgIpc) is 2.57. The van der Waals surface area contributed by atoms with Gasteiger partial charge >= 0.3 is 0 Å². The lowest BCUT2D eigenvalue weighted by molar-refractivity contribution is -0.402. The second kappa shape index (κ2) is 6.02. The summed E-state index contributed by atoms with van der Waals surface area (Å²) in [6.45, 7) is 2.19. The summed E-state index contributed by atoms with van der Waals surface area (Å²) in [4.78, 5) is 10.5. The lowest BCUT2D eigenvalue weighted by atomic mass is 9.43. The molecule has 0 heterocycles. The van der Waals surface area contributed by atoms with Crippen LogP contribution in [0.1, 0.15) is 56.6 Å². The molecule has 5 rings (SSSR count). The fourth-order valence-corrected chi connectivity index (χ4v) is 6.33. The molecule has 0 radical (unpaired) electrons. The maximum absolute atomic E-state index is 10.8. The highest BCUT2D eigenvalue weighted by molar-refractivity contribution is 5.34. The first-order valence-electron chi connectivity index (χ1n) is 9.51. The summed E-state index contributed by atoms with van der Waals surface area (Å²) in [6, 6.07) is 9.17. The van der Waals surface area contributed by atoms with E-state index < -0.39 is 0 Å². The summed E-state index contributed by atoms with van der Waals surface area (Å²) >= 11 is 0. The fourth-order valence-electron chi connectivity index (χ4n) is 6.33. The van der Waals surface area contributed by atoms with Gasteiger partial charge in [-0.2, -0.15) is 0 Å². The monoisotopic (exact) mass is 325 g/mol. The number of allylic oxidation sites excluding steroid dienone is 1. The van der Waals surface area contributed by atoms with Crippen LogP contribution in [-0.2, 0) is 11.8 Å². The Morgan fingerprint density at radius 2 is 1.67 bits per heavy atom. The number of nitrogens with zero attached hydrogens (tertiary/aromatic N) is 1. The highest BCUT2D eigenvalue weighted by atomic mass is 16.6. The van der Waals surface area contributed by atoms with E-state index in [1.165, 1.54) is 43.2 Å². The van der Waals surface area contributed by atoms with Crippen molar-refractivity contribution >= 4 is 0 Å². The second-order valence-corrected chi connectivity index (χ2v) is 8.27. The molecule has 0 unspecified atom stereocenters. The van der Waals surface area contributed by atoms with Crippen LogP contribution < -0.4 is 0 Å². The lowest BCUT2D eigenvalue weighted by Gasteiger charge is -2.61. The topological polar surface area (TPSA) is 43.1 Å². The molecule has 3 nitrogen and oxygen atoms in total. The number of hydrogen-bond donors (Lipinski definition) is 0. The van der Waals surface area contributed by atoms with Crippen molar-refractivity contribution < 1.29 is 4.92 Å². The van der Waals surface area contributed by atoms with E-state index in [2.05, 4.69) is 31.2 Å². The van der Waals surface area contributed by atoms with Crippen molar-refractivity contribution in [3.8, 4) is 0 Å². The van der Waals surface area contributed by atoms with E-state index in [1.54, 1.807) is 0 Å². The number of nitro groups is 1.